The van der Waals surface area contributed by atoms with Crippen molar-refractivity contribution in [2.45, 2.75) is 32.1 Å². The summed E-state index contributed by atoms with van der Waals surface area (Å²) in [7, 11) is 4.81. The van der Waals surface area contributed by atoms with Gasteiger partial charge in [-0.05, 0) is 31.0 Å². The lowest BCUT2D eigenvalue weighted by molar-refractivity contribution is -0.116. The first-order chi connectivity index (χ1) is 14.1. The molecule has 156 valence electrons. The summed E-state index contributed by atoms with van der Waals surface area (Å²) in [6, 6.07) is 10.9. The molecule has 0 spiro atoms. The van der Waals surface area contributed by atoms with E-state index in [0.29, 0.717) is 43.1 Å². The summed E-state index contributed by atoms with van der Waals surface area (Å²) in [6.07, 6.45) is 2.97. The van der Waals surface area contributed by atoms with Gasteiger partial charge in [0.05, 0.1) is 25.6 Å². The van der Waals surface area contributed by atoms with Gasteiger partial charge in [-0.2, -0.15) is 4.98 Å². The van der Waals surface area contributed by atoms with Crippen molar-refractivity contribution in [3.8, 4) is 11.8 Å². The third-order valence-corrected chi connectivity index (χ3v) is 4.29. The number of amides is 2. The molecule has 1 heterocycles. The molecule has 0 bridgehead atoms. The average molecular weight is 400 g/mol. The lowest BCUT2D eigenvalue weighted by Crippen LogP contribution is -2.13. The van der Waals surface area contributed by atoms with Crippen molar-refractivity contribution in [1.29, 1.82) is 0 Å². The highest BCUT2D eigenvalue weighted by Gasteiger charge is 2.11. The highest BCUT2D eigenvalue weighted by molar-refractivity contribution is 5.94. The Kier molecular flexibility index (Phi) is 8.75. The Labute approximate surface area is 171 Å². The molecule has 2 rings (SSSR count). The van der Waals surface area contributed by atoms with Gasteiger partial charge in [0.25, 0.3) is 0 Å². The zero-order chi connectivity index (χ0) is 21.1. The van der Waals surface area contributed by atoms with E-state index in [0.717, 1.165) is 17.8 Å². The maximum Gasteiger partial charge on any atom is 0.240 e. The van der Waals surface area contributed by atoms with Crippen molar-refractivity contribution in [1.82, 2.24) is 4.98 Å². The summed E-state index contributed by atoms with van der Waals surface area (Å²) in [4.78, 5) is 28.4. The Morgan fingerprint density at radius 2 is 1.45 bits per heavy atom. The van der Waals surface area contributed by atoms with Gasteiger partial charge in [0.2, 0.25) is 23.6 Å². The molecule has 3 N–H and O–H groups in total. The van der Waals surface area contributed by atoms with Gasteiger partial charge in [-0.3, -0.25) is 9.59 Å². The first-order valence-electron chi connectivity index (χ1n) is 9.53. The summed E-state index contributed by atoms with van der Waals surface area (Å²) in [5.41, 5.74) is 2.14. The molecule has 8 nitrogen and oxygen atoms in total. The largest absolute Gasteiger partial charge is 0.481 e. The number of rotatable bonds is 11. The first kappa shape index (κ1) is 22.0. The zero-order valence-corrected chi connectivity index (χ0v) is 17.1. The van der Waals surface area contributed by atoms with Crippen LogP contribution in [0.15, 0.2) is 36.4 Å². The van der Waals surface area contributed by atoms with E-state index in [4.69, 9.17) is 9.47 Å². The van der Waals surface area contributed by atoms with E-state index in [1.165, 1.54) is 14.2 Å². The molecule has 0 aliphatic heterocycles. The van der Waals surface area contributed by atoms with Gasteiger partial charge in [0, 0.05) is 26.0 Å². The number of hydrogen-bond donors (Lipinski definition) is 3. The van der Waals surface area contributed by atoms with E-state index in [-0.39, 0.29) is 11.8 Å². The predicted octanol–water partition coefficient (Wildman–Crippen LogP) is 3.67. The van der Waals surface area contributed by atoms with Gasteiger partial charge in [-0.15, -0.1) is 0 Å². The third-order valence-electron chi connectivity index (χ3n) is 4.29. The maximum absolute atomic E-state index is 12.1. The van der Waals surface area contributed by atoms with Crippen LogP contribution in [0.25, 0.3) is 0 Å². The molecule has 2 amide bonds. The van der Waals surface area contributed by atoms with E-state index < -0.39 is 0 Å². The molecule has 0 fully saturated rings. The maximum atomic E-state index is 12.1. The van der Waals surface area contributed by atoms with Crippen LogP contribution in [0.5, 0.6) is 11.8 Å². The fourth-order valence-electron chi connectivity index (χ4n) is 2.77. The summed E-state index contributed by atoms with van der Waals surface area (Å²) < 4.78 is 10.2. The molecule has 1 aromatic carbocycles. The molecule has 1 aromatic heterocycles. The number of carbonyl (C=O) groups is 2. The van der Waals surface area contributed by atoms with E-state index >= 15 is 0 Å². The minimum atomic E-state index is -0.123. The molecule has 0 saturated heterocycles. The van der Waals surface area contributed by atoms with Gasteiger partial charge < -0.3 is 25.4 Å². The number of nitrogens with one attached hydrogen (secondary N) is 3. The Hall–Kier alpha value is -3.29. The number of carbonyl (C=O) groups excluding carboxylic acids is 2. The molecule has 2 aromatic rings. The molecular weight excluding hydrogens is 372 g/mol. The van der Waals surface area contributed by atoms with Gasteiger partial charge in [0.15, 0.2) is 0 Å². The molecule has 29 heavy (non-hydrogen) atoms. The van der Waals surface area contributed by atoms with Crippen LogP contribution < -0.4 is 25.4 Å². The number of aromatic nitrogens is 1. The summed E-state index contributed by atoms with van der Waals surface area (Å²) in [5.74, 6) is 0.556. The van der Waals surface area contributed by atoms with Crippen molar-refractivity contribution in [3.63, 3.8) is 0 Å². The second-order valence-electron chi connectivity index (χ2n) is 6.36. The SMILES string of the molecule is CNc1ccccc1NC(=O)CCCCCC(=O)Nc1ccc(OC)nc1OC. The number of unbranched alkanes of at least 4 members (excludes halogenated alkanes) is 2. The van der Waals surface area contributed by atoms with E-state index in [2.05, 4.69) is 20.9 Å². The molecule has 0 aliphatic carbocycles. The lowest BCUT2D eigenvalue weighted by Gasteiger charge is -2.11. The van der Waals surface area contributed by atoms with Gasteiger partial charge in [0.1, 0.15) is 5.69 Å². The molecule has 0 aliphatic rings. The number of methoxy groups -OCH3 is 2. The number of hydrogen-bond acceptors (Lipinski definition) is 6. The lowest BCUT2D eigenvalue weighted by atomic mass is 10.1. The van der Waals surface area contributed by atoms with Crippen LogP contribution in [0, 0.1) is 0 Å². The topological polar surface area (TPSA) is 102 Å². The third kappa shape index (κ3) is 6.99. The Bertz CT molecular complexity index is 826. The van der Waals surface area contributed by atoms with Crippen LogP contribution in [-0.2, 0) is 9.59 Å². The number of para-hydroxylation sites is 2. The normalized spacial score (nSPS) is 10.2. The average Bonchev–Trinajstić information content (AvgIpc) is 2.74. The van der Waals surface area contributed by atoms with Crippen molar-refractivity contribution in [3.05, 3.63) is 36.4 Å². The summed E-state index contributed by atoms with van der Waals surface area (Å²) >= 11 is 0. The quantitative estimate of drug-likeness (QED) is 0.498. The van der Waals surface area contributed by atoms with Crippen LogP contribution in [-0.4, -0.2) is 38.1 Å². The van der Waals surface area contributed by atoms with Crippen LogP contribution in [0.2, 0.25) is 0 Å². The van der Waals surface area contributed by atoms with Crippen molar-refractivity contribution in [2.75, 3.05) is 37.2 Å². The minimum absolute atomic E-state index is 0.0359. The fourth-order valence-corrected chi connectivity index (χ4v) is 2.77. The molecule has 0 saturated carbocycles. The summed E-state index contributed by atoms with van der Waals surface area (Å²) in [5, 5.41) is 8.74. The van der Waals surface area contributed by atoms with Gasteiger partial charge in [-0.25, -0.2) is 0 Å². The van der Waals surface area contributed by atoms with Crippen LogP contribution in [0.4, 0.5) is 17.1 Å². The highest BCUT2D eigenvalue weighted by atomic mass is 16.5. The molecule has 8 heteroatoms. The molecule has 0 unspecified atom stereocenters. The number of pyridine rings is 1. The first-order valence-corrected chi connectivity index (χ1v) is 9.53. The van der Waals surface area contributed by atoms with Gasteiger partial charge >= 0.3 is 0 Å². The highest BCUT2D eigenvalue weighted by Crippen LogP contribution is 2.25. The fraction of sp³-hybridized carbons (Fsp3) is 0.381. The molecule has 0 radical (unpaired) electrons. The Balaban J connectivity index is 1.68. The van der Waals surface area contributed by atoms with Crippen molar-refractivity contribution in [2.24, 2.45) is 0 Å². The number of ether oxygens (including phenoxy) is 2. The second-order valence-corrected chi connectivity index (χ2v) is 6.36. The van der Waals surface area contributed by atoms with E-state index in [1.807, 2.05) is 31.3 Å². The van der Waals surface area contributed by atoms with E-state index in [9.17, 15) is 9.59 Å². The van der Waals surface area contributed by atoms with Crippen LogP contribution in [0.3, 0.4) is 0 Å². The van der Waals surface area contributed by atoms with Crippen molar-refractivity contribution >= 4 is 28.9 Å². The predicted molar refractivity (Wildman–Crippen MR) is 114 cm³/mol. The molecular formula is C21H28N4O4. The van der Waals surface area contributed by atoms with E-state index in [1.54, 1.807) is 12.1 Å². The second kappa shape index (κ2) is 11.5. The van der Waals surface area contributed by atoms with Crippen LogP contribution >= 0.6 is 0 Å². The van der Waals surface area contributed by atoms with Crippen LogP contribution in [0.1, 0.15) is 32.1 Å². The number of anilines is 3. The monoisotopic (exact) mass is 400 g/mol. The molecule has 0 atom stereocenters. The number of nitrogens with zero attached hydrogens (tertiary/aromatic N) is 1. The van der Waals surface area contributed by atoms with Crippen molar-refractivity contribution < 1.29 is 19.1 Å². The number of benzene rings is 1. The van der Waals surface area contributed by atoms with Gasteiger partial charge in [-0.1, -0.05) is 18.6 Å². The Morgan fingerprint density at radius 3 is 2.03 bits per heavy atom. The smallest absolute Gasteiger partial charge is 0.240 e. The summed E-state index contributed by atoms with van der Waals surface area (Å²) in [6.45, 7) is 0. The zero-order valence-electron chi connectivity index (χ0n) is 17.1. The Morgan fingerprint density at radius 1 is 0.828 bits per heavy atom. The standard InChI is InChI=1S/C21H28N4O4/c1-22-15-9-7-8-10-16(15)23-18(26)11-5-4-6-12-19(27)24-17-13-14-20(28-2)25-21(17)29-3/h7-10,13-14,22H,4-6,11-12H2,1-3H3,(H,23,26)(H,24,27). The minimum Gasteiger partial charge on any atom is -0.481 e.